The lowest BCUT2D eigenvalue weighted by molar-refractivity contribution is -0.129. The highest BCUT2D eigenvalue weighted by Crippen LogP contribution is 2.35. The number of hydrogen-bond acceptors (Lipinski definition) is 7. The molecule has 0 spiro atoms. The first-order chi connectivity index (χ1) is 18.4. The lowest BCUT2D eigenvalue weighted by atomic mass is 10.1. The molecule has 4 aromatic rings. The molecule has 198 valence electrons. The molecule has 0 aliphatic carbocycles. The summed E-state index contributed by atoms with van der Waals surface area (Å²) in [6, 6.07) is 14.1. The molecule has 5 rings (SSSR count). The number of piperazine rings is 1. The maximum absolute atomic E-state index is 11.8. The summed E-state index contributed by atoms with van der Waals surface area (Å²) in [6.45, 7) is 4.36. The SMILES string of the molecule is COc1cc(-c2cnc3[nH]cc(-c4ccc(OCCC(=O)N(C)C)cc4)c3n2)ccc1N1CCN(C)CC1. The minimum absolute atomic E-state index is 0.0429. The molecule has 0 radical (unpaired) electrons. The molecule has 2 aromatic heterocycles. The Morgan fingerprint density at radius 3 is 2.50 bits per heavy atom. The van der Waals surface area contributed by atoms with Crippen molar-refractivity contribution in [3.63, 3.8) is 0 Å². The maximum Gasteiger partial charge on any atom is 0.225 e. The average Bonchev–Trinajstić information content (AvgIpc) is 3.37. The standard InChI is InChI=1S/C29H34N6O3/c1-33(2)27(36)11-16-38-22-8-5-20(6-9-22)23-18-30-29-28(23)32-24(19-31-29)21-7-10-25(26(17-21)37-4)35-14-12-34(3)13-15-35/h5-10,17-19H,11-16H2,1-4H3,(H,30,31). The maximum atomic E-state index is 11.8. The minimum Gasteiger partial charge on any atom is -0.495 e. The lowest BCUT2D eigenvalue weighted by Crippen LogP contribution is -2.44. The number of methoxy groups -OCH3 is 1. The van der Waals surface area contributed by atoms with E-state index in [1.54, 1.807) is 32.3 Å². The van der Waals surface area contributed by atoms with Crippen LogP contribution in [0.4, 0.5) is 5.69 Å². The summed E-state index contributed by atoms with van der Waals surface area (Å²) in [6.07, 6.45) is 4.06. The first kappa shape index (κ1) is 25.5. The van der Waals surface area contributed by atoms with E-state index in [-0.39, 0.29) is 5.91 Å². The Labute approximate surface area is 223 Å². The monoisotopic (exact) mass is 514 g/mol. The average molecular weight is 515 g/mol. The number of ether oxygens (including phenoxy) is 2. The van der Waals surface area contributed by atoms with E-state index in [0.717, 1.165) is 76.9 Å². The Balaban J connectivity index is 1.36. The second-order valence-electron chi connectivity index (χ2n) is 9.74. The molecule has 9 nitrogen and oxygen atoms in total. The van der Waals surface area contributed by atoms with Gasteiger partial charge < -0.3 is 29.2 Å². The Morgan fingerprint density at radius 1 is 1.05 bits per heavy atom. The van der Waals surface area contributed by atoms with Gasteiger partial charge in [-0.05, 0) is 36.9 Å². The Hall–Kier alpha value is -4.11. The van der Waals surface area contributed by atoms with E-state index in [0.29, 0.717) is 13.0 Å². The van der Waals surface area contributed by atoms with E-state index in [1.807, 2.05) is 36.5 Å². The van der Waals surface area contributed by atoms with E-state index in [9.17, 15) is 4.79 Å². The number of rotatable bonds is 8. The molecular weight excluding hydrogens is 480 g/mol. The van der Waals surface area contributed by atoms with Crippen LogP contribution in [0.25, 0.3) is 33.5 Å². The molecule has 0 bridgehead atoms. The van der Waals surface area contributed by atoms with E-state index >= 15 is 0 Å². The van der Waals surface area contributed by atoms with Gasteiger partial charge in [0, 0.05) is 57.6 Å². The molecule has 9 heteroatoms. The molecule has 1 fully saturated rings. The van der Waals surface area contributed by atoms with Crippen molar-refractivity contribution in [1.82, 2.24) is 24.8 Å². The molecule has 1 aliphatic rings. The number of H-pyrrole nitrogens is 1. The van der Waals surface area contributed by atoms with Gasteiger partial charge in [-0.3, -0.25) is 4.79 Å². The van der Waals surface area contributed by atoms with Crippen LogP contribution in [-0.4, -0.2) is 91.7 Å². The number of nitrogens with zero attached hydrogens (tertiary/aromatic N) is 5. The number of aromatic amines is 1. The van der Waals surface area contributed by atoms with E-state index in [4.69, 9.17) is 14.5 Å². The Kier molecular flexibility index (Phi) is 7.46. The summed E-state index contributed by atoms with van der Waals surface area (Å²) in [5.74, 6) is 1.60. The highest BCUT2D eigenvalue weighted by Gasteiger charge is 2.19. The molecule has 0 atom stereocenters. The number of fused-ring (bicyclic) bond motifs is 1. The predicted octanol–water partition coefficient (Wildman–Crippen LogP) is 3.91. The van der Waals surface area contributed by atoms with Crippen LogP contribution < -0.4 is 14.4 Å². The van der Waals surface area contributed by atoms with Crippen molar-refractivity contribution in [2.75, 3.05) is 65.9 Å². The van der Waals surface area contributed by atoms with Crippen LogP contribution >= 0.6 is 0 Å². The third kappa shape index (κ3) is 5.43. The molecule has 1 saturated heterocycles. The zero-order chi connectivity index (χ0) is 26.6. The molecule has 1 amide bonds. The number of likely N-dealkylation sites (N-methyl/N-ethyl adjacent to an activating group) is 1. The first-order valence-corrected chi connectivity index (χ1v) is 12.8. The summed E-state index contributed by atoms with van der Waals surface area (Å²) >= 11 is 0. The topological polar surface area (TPSA) is 86.8 Å². The Bertz CT molecular complexity index is 1410. The molecule has 0 unspecified atom stereocenters. The summed E-state index contributed by atoms with van der Waals surface area (Å²) in [5, 5.41) is 0. The lowest BCUT2D eigenvalue weighted by Gasteiger charge is -2.34. The number of carbonyl (C=O) groups is 1. The van der Waals surface area contributed by atoms with Gasteiger partial charge in [0.05, 0.1) is 37.7 Å². The van der Waals surface area contributed by atoms with Gasteiger partial charge in [-0.1, -0.05) is 18.2 Å². The summed E-state index contributed by atoms with van der Waals surface area (Å²) in [7, 11) is 7.35. The molecule has 1 aliphatic heterocycles. The largest absolute Gasteiger partial charge is 0.495 e. The molecule has 1 N–H and O–H groups in total. The van der Waals surface area contributed by atoms with Crippen LogP contribution in [0.2, 0.25) is 0 Å². The summed E-state index contributed by atoms with van der Waals surface area (Å²) in [4.78, 5) is 30.9. The number of aromatic nitrogens is 3. The predicted molar refractivity (Wildman–Crippen MR) is 150 cm³/mol. The van der Waals surface area contributed by atoms with Crippen LogP contribution in [0.1, 0.15) is 6.42 Å². The van der Waals surface area contributed by atoms with Gasteiger partial charge in [-0.2, -0.15) is 0 Å². The molecule has 3 heterocycles. The molecule has 38 heavy (non-hydrogen) atoms. The van der Waals surface area contributed by atoms with Gasteiger partial charge >= 0.3 is 0 Å². The van der Waals surface area contributed by atoms with E-state index in [2.05, 4.69) is 38.9 Å². The second kappa shape index (κ2) is 11.1. The van der Waals surface area contributed by atoms with Gasteiger partial charge in [-0.15, -0.1) is 0 Å². The van der Waals surface area contributed by atoms with Crippen LogP contribution in [0.15, 0.2) is 54.9 Å². The van der Waals surface area contributed by atoms with Crippen LogP contribution in [-0.2, 0) is 4.79 Å². The van der Waals surface area contributed by atoms with Gasteiger partial charge in [0.1, 0.15) is 17.0 Å². The van der Waals surface area contributed by atoms with Crippen molar-refractivity contribution in [3.8, 4) is 33.9 Å². The van der Waals surface area contributed by atoms with E-state index in [1.165, 1.54) is 0 Å². The number of amides is 1. The Morgan fingerprint density at radius 2 is 1.79 bits per heavy atom. The third-order valence-electron chi connectivity index (χ3n) is 6.95. The number of carbonyl (C=O) groups excluding carboxylic acids is 1. The highest BCUT2D eigenvalue weighted by molar-refractivity contribution is 5.91. The fourth-order valence-electron chi connectivity index (χ4n) is 4.61. The van der Waals surface area contributed by atoms with Gasteiger partial charge in [0.15, 0.2) is 5.65 Å². The van der Waals surface area contributed by atoms with Crippen LogP contribution in [0, 0.1) is 0 Å². The first-order valence-electron chi connectivity index (χ1n) is 12.8. The number of nitrogens with one attached hydrogen (secondary N) is 1. The molecule has 0 saturated carbocycles. The van der Waals surface area contributed by atoms with Crippen LogP contribution in [0.3, 0.4) is 0 Å². The third-order valence-corrected chi connectivity index (χ3v) is 6.95. The van der Waals surface area contributed by atoms with Crippen molar-refractivity contribution in [1.29, 1.82) is 0 Å². The van der Waals surface area contributed by atoms with Crippen molar-refractivity contribution in [3.05, 3.63) is 54.9 Å². The quantitative estimate of drug-likeness (QED) is 0.382. The summed E-state index contributed by atoms with van der Waals surface area (Å²) < 4.78 is 11.5. The van der Waals surface area contributed by atoms with Crippen molar-refractivity contribution >= 4 is 22.8 Å². The fourth-order valence-corrected chi connectivity index (χ4v) is 4.61. The second-order valence-corrected chi connectivity index (χ2v) is 9.74. The zero-order valence-corrected chi connectivity index (χ0v) is 22.4. The number of benzene rings is 2. The molecule has 2 aromatic carbocycles. The minimum atomic E-state index is 0.0429. The van der Waals surface area contributed by atoms with Crippen molar-refractivity contribution in [2.45, 2.75) is 6.42 Å². The van der Waals surface area contributed by atoms with Gasteiger partial charge in [0.2, 0.25) is 5.91 Å². The van der Waals surface area contributed by atoms with Crippen LogP contribution in [0.5, 0.6) is 11.5 Å². The van der Waals surface area contributed by atoms with E-state index < -0.39 is 0 Å². The normalized spacial score (nSPS) is 14.1. The highest BCUT2D eigenvalue weighted by atomic mass is 16.5. The molecular formula is C29H34N6O3. The van der Waals surface area contributed by atoms with Gasteiger partial charge in [-0.25, -0.2) is 9.97 Å². The number of anilines is 1. The summed E-state index contributed by atoms with van der Waals surface area (Å²) in [5.41, 5.74) is 6.34. The van der Waals surface area contributed by atoms with Crippen molar-refractivity contribution < 1.29 is 14.3 Å². The van der Waals surface area contributed by atoms with Gasteiger partial charge in [0.25, 0.3) is 0 Å². The fraction of sp³-hybridized carbons (Fsp3) is 0.345. The smallest absolute Gasteiger partial charge is 0.225 e. The van der Waals surface area contributed by atoms with Crippen molar-refractivity contribution in [2.24, 2.45) is 0 Å². The zero-order valence-electron chi connectivity index (χ0n) is 22.4. The number of hydrogen-bond donors (Lipinski definition) is 1.